The number of aromatic nitrogens is 1. The number of nitrogens with zero attached hydrogens (tertiary/aromatic N) is 4. The number of benzene rings is 2. The lowest BCUT2D eigenvalue weighted by molar-refractivity contribution is -0.135. The summed E-state index contributed by atoms with van der Waals surface area (Å²) in [6.45, 7) is 6.17. The van der Waals surface area contributed by atoms with E-state index in [2.05, 4.69) is 30.0 Å². The van der Waals surface area contributed by atoms with Crippen molar-refractivity contribution in [3.8, 4) is 0 Å². The topological polar surface area (TPSA) is 73.8 Å². The van der Waals surface area contributed by atoms with Gasteiger partial charge in [-0.2, -0.15) is 0 Å². The minimum Gasteiger partial charge on any atom is -0.345 e. The number of carbonyl (C=O) groups is 3. The third kappa shape index (κ3) is 3.35. The van der Waals surface area contributed by atoms with E-state index in [-0.39, 0.29) is 5.91 Å². The van der Waals surface area contributed by atoms with Gasteiger partial charge in [-0.05, 0) is 43.2 Å². The van der Waals surface area contributed by atoms with E-state index in [0.717, 1.165) is 22.0 Å². The predicted octanol–water partition coefficient (Wildman–Crippen LogP) is 3.19. The molecular formula is C24H24N4O3S. The Morgan fingerprint density at radius 2 is 1.69 bits per heavy atom. The molecule has 1 aromatic heterocycles. The van der Waals surface area contributed by atoms with Crippen LogP contribution in [0.5, 0.6) is 0 Å². The third-order valence-corrected chi connectivity index (χ3v) is 7.36. The molecule has 2 aliphatic heterocycles. The summed E-state index contributed by atoms with van der Waals surface area (Å²) in [6, 6.07) is 12.3. The summed E-state index contributed by atoms with van der Waals surface area (Å²) in [4.78, 5) is 48.4. The average Bonchev–Trinajstić information content (AvgIpc) is 3.37. The maximum Gasteiger partial charge on any atom is 0.262 e. The van der Waals surface area contributed by atoms with Crippen molar-refractivity contribution in [2.75, 3.05) is 31.1 Å². The molecule has 1 fully saturated rings. The molecule has 3 aromatic rings. The molecule has 0 N–H and O–H groups in total. The summed E-state index contributed by atoms with van der Waals surface area (Å²) in [5.41, 5.74) is 3.03. The molecule has 8 heteroatoms. The fraction of sp³-hybridized carbons (Fsp3) is 0.333. The van der Waals surface area contributed by atoms with Crippen molar-refractivity contribution in [2.45, 2.75) is 26.3 Å². The molecule has 3 heterocycles. The summed E-state index contributed by atoms with van der Waals surface area (Å²) in [7, 11) is 0. The van der Waals surface area contributed by atoms with E-state index in [1.807, 2.05) is 0 Å². The van der Waals surface area contributed by atoms with Crippen molar-refractivity contribution in [2.24, 2.45) is 0 Å². The quantitative estimate of drug-likeness (QED) is 0.573. The molecule has 0 saturated carbocycles. The van der Waals surface area contributed by atoms with Gasteiger partial charge in [-0.15, -0.1) is 0 Å². The number of hydrogen-bond acceptors (Lipinski definition) is 6. The smallest absolute Gasteiger partial charge is 0.262 e. The maximum absolute atomic E-state index is 13.1. The van der Waals surface area contributed by atoms with Crippen LogP contribution in [-0.2, 0) is 11.2 Å². The zero-order valence-electron chi connectivity index (χ0n) is 18.1. The van der Waals surface area contributed by atoms with Crippen LogP contribution in [0.4, 0.5) is 5.13 Å². The minimum absolute atomic E-state index is 0.198. The van der Waals surface area contributed by atoms with Crippen molar-refractivity contribution in [1.29, 1.82) is 0 Å². The number of rotatable bonds is 4. The van der Waals surface area contributed by atoms with Gasteiger partial charge in [0, 0.05) is 26.2 Å². The van der Waals surface area contributed by atoms with Gasteiger partial charge in [0.05, 0.1) is 21.3 Å². The summed E-state index contributed by atoms with van der Waals surface area (Å²) in [6.07, 6.45) is 0.995. The Morgan fingerprint density at radius 3 is 2.31 bits per heavy atom. The van der Waals surface area contributed by atoms with Gasteiger partial charge in [0.25, 0.3) is 11.8 Å². The molecule has 0 bridgehead atoms. The molecule has 7 nitrogen and oxygen atoms in total. The third-order valence-electron chi connectivity index (χ3n) is 6.28. The fourth-order valence-corrected chi connectivity index (χ4v) is 5.45. The Labute approximate surface area is 190 Å². The van der Waals surface area contributed by atoms with Gasteiger partial charge >= 0.3 is 0 Å². The van der Waals surface area contributed by atoms with Crippen LogP contribution in [0.25, 0.3) is 10.2 Å². The molecule has 164 valence electrons. The SMILES string of the molecule is CCc1ccc2nc(N3CCN(C(=O)C(C)N4C(=O)c5ccccc5C4=O)CC3)sc2c1. The number of fused-ring (bicyclic) bond motifs is 2. The predicted molar refractivity (Wildman–Crippen MR) is 124 cm³/mol. The highest BCUT2D eigenvalue weighted by molar-refractivity contribution is 7.22. The number of amides is 3. The summed E-state index contributed by atoms with van der Waals surface area (Å²) in [5, 5.41) is 0.966. The Hall–Kier alpha value is -3.26. The standard InChI is InChI=1S/C24H24N4O3S/c1-3-16-8-9-19-20(14-16)32-24(25-19)27-12-10-26(11-13-27)21(29)15(2)28-22(30)17-6-4-5-7-18(17)23(28)31/h4-9,14-15H,3,10-13H2,1-2H3. The summed E-state index contributed by atoms with van der Waals surface area (Å²) in [5.74, 6) is -0.993. The lowest BCUT2D eigenvalue weighted by Crippen LogP contribution is -2.55. The van der Waals surface area contributed by atoms with E-state index in [4.69, 9.17) is 4.98 Å². The van der Waals surface area contributed by atoms with Gasteiger partial charge in [0.15, 0.2) is 5.13 Å². The first kappa shape index (κ1) is 20.6. The molecule has 2 aliphatic rings. The van der Waals surface area contributed by atoms with Crippen molar-refractivity contribution in [1.82, 2.24) is 14.8 Å². The summed E-state index contributed by atoms with van der Waals surface area (Å²) < 4.78 is 1.18. The second kappa shape index (κ2) is 8.02. The van der Waals surface area contributed by atoms with Gasteiger partial charge in [0.2, 0.25) is 5.91 Å². The number of imide groups is 1. The van der Waals surface area contributed by atoms with Crippen molar-refractivity contribution in [3.63, 3.8) is 0 Å². The minimum atomic E-state index is -0.830. The number of carbonyl (C=O) groups excluding carboxylic acids is 3. The summed E-state index contributed by atoms with van der Waals surface area (Å²) >= 11 is 1.68. The number of anilines is 1. The zero-order valence-corrected chi connectivity index (χ0v) is 18.9. The van der Waals surface area contributed by atoms with Crippen LogP contribution in [0.3, 0.4) is 0 Å². The molecule has 1 unspecified atom stereocenters. The first-order valence-corrected chi connectivity index (χ1v) is 11.7. The van der Waals surface area contributed by atoms with Crippen LogP contribution in [0.15, 0.2) is 42.5 Å². The lowest BCUT2D eigenvalue weighted by atomic mass is 10.1. The van der Waals surface area contributed by atoms with E-state index in [0.29, 0.717) is 37.3 Å². The lowest BCUT2D eigenvalue weighted by Gasteiger charge is -2.36. The molecule has 0 spiro atoms. The van der Waals surface area contributed by atoms with Gasteiger partial charge in [-0.3, -0.25) is 19.3 Å². The van der Waals surface area contributed by atoms with Crippen LogP contribution in [0.2, 0.25) is 0 Å². The largest absolute Gasteiger partial charge is 0.345 e. The van der Waals surface area contributed by atoms with Gasteiger partial charge < -0.3 is 9.80 Å². The van der Waals surface area contributed by atoms with E-state index in [9.17, 15) is 14.4 Å². The molecule has 1 atom stereocenters. The highest BCUT2D eigenvalue weighted by Gasteiger charge is 2.42. The zero-order chi connectivity index (χ0) is 22.4. The van der Waals surface area contributed by atoms with E-state index >= 15 is 0 Å². The first-order chi connectivity index (χ1) is 15.5. The Morgan fingerprint density at radius 1 is 1.03 bits per heavy atom. The molecule has 0 aliphatic carbocycles. The molecule has 2 aromatic carbocycles. The first-order valence-electron chi connectivity index (χ1n) is 10.9. The van der Waals surface area contributed by atoms with Crippen molar-refractivity contribution >= 4 is 44.4 Å². The number of thiazole rings is 1. The molecule has 0 radical (unpaired) electrons. The van der Waals surface area contributed by atoms with Gasteiger partial charge in [-0.25, -0.2) is 4.98 Å². The molecule has 5 rings (SSSR count). The number of aryl methyl sites for hydroxylation is 1. The average molecular weight is 449 g/mol. The Balaban J connectivity index is 1.26. The Kier molecular flexibility index (Phi) is 5.17. The number of piperazine rings is 1. The van der Waals surface area contributed by atoms with Gasteiger partial charge in [0.1, 0.15) is 6.04 Å². The highest BCUT2D eigenvalue weighted by atomic mass is 32.1. The van der Waals surface area contributed by atoms with Crippen LogP contribution in [-0.4, -0.2) is 64.7 Å². The molecular weight excluding hydrogens is 424 g/mol. The van der Waals surface area contributed by atoms with Gasteiger partial charge in [-0.1, -0.05) is 36.5 Å². The molecule has 3 amide bonds. The van der Waals surface area contributed by atoms with Crippen LogP contribution >= 0.6 is 11.3 Å². The van der Waals surface area contributed by atoms with Crippen LogP contribution in [0.1, 0.15) is 40.1 Å². The molecule has 32 heavy (non-hydrogen) atoms. The second-order valence-electron chi connectivity index (χ2n) is 8.17. The second-order valence-corrected chi connectivity index (χ2v) is 9.18. The fourth-order valence-electron chi connectivity index (χ4n) is 4.36. The van der Waals surface area contributed by atoms with Crippen LogP contribution in [0, 0.1) is 0 Å². The molecule has 1 saturated heterocycles. The van der Waals surface area contributed by atoms with E-state index in [1.54, 1.807) is 47.4 Å². The van der Waals surface area contributed by atoms with E-state index in [1.165, 1.54) is 10.3 Å². The maximum atomic E-state index is 13.1. The number of hydrogen-bond donors (Lipinski definition) is 0. The normalized spacial score (nSPS) is 17.2. The van der Waals surface area contributed by atoms with E-state index < -0.39 is 17.9 Å². The van der Waals surface area contributed by atoms with Crippen LogP contribution < -0.4 is 4.90 Å². The van der Waals surface area contributed by atoms with Crippen molar-refractivity contribution < 1.29 is 14.4 Å². The monoisotopic (exact) mass is 448 g/mol. The van der Waals surface area contributed by atoms with Crippen molar-refractivity contribution in [3.05, 3.63) is 59.2 Å². The highest BCUT2D eigenvalue weighted by Crippen LogP contribution is 2.31. The Bertz CT molecular complexity index is 1190.